The summed E-state index contributed by atoms with van der Waals surface area (Å²) in [4.78, 5) is 10.1. The lowest BCUT2D eigenvalue weighted by Gasteiger charge is -2.13. The Morgan fingerprint density at radius 3 is 1.34 bits per heavy atom. The van der Waals surface area contributed by atoms with Crippen molar-refractivity contribution >= 4 is 43.6 Å². The molecule has 0 N–H and O–H groups in total. The highest BCUT2D eigenvalue weighted by Crippen LogP contribution is 2.38. The molecule has 0 bridgehead atoms. The lowest BCUT2D eigenvalue weighted by Crippen LogP contribution is -1.98. The first-order valence-electron chi connectivity index (χ1n) is 19.0. The maximum atomic E-state index is 5.10. The number of hydrogen-bond acceptors (Lipinski definition) is 2. The Morgan fingerprint density at radius 1 is 0.268 bits per heavy atom. The van der Waals surface area contributed by atoms with Gasteiger partial charge in [-0.15, -0.1) is 0 Å². The third kappa shape index (κ3) is 5.31. The van der Waals surface area contributed by atoms with Crippen molar-refractivity contribution < 1.29 is 0 Å². The van der Waals surface area contributed by atoms with Crippen LogP contribution in [0.15, 0.2) is 206 Å². The van der Waals surface area contributed by atoms with Crippen LogP contribution in [0.3, 0.4) is 0 Å². The minimum atomic E-state index is 0.712. The molecular formula is C52H34N4. The van der Waals surface area contributed by atoms with Crippen LogP contribution in [0.1, 0.15) is 0 Å². The fraction of sp³-hybridized carbons (Fsp3) is 0. The Labute approximate surface area is 324 Å². The largest absolute Gasteiger partial charge is 0.309 e. The van der Waals surface area contributed by atoms with Gasteiger partial charge in [-0.3, -0.25) is 0 Å². The molecule has 11 rings (SSSR count). The molecule has 4 heteroatoms. The number of fused-ring (bicyclic) bond motifs is 6. The highest BCUT2D eigenvalue weighted by atomic mass is 15.0. The van der Waals surface area contributed by atoms with Gasteiger partial charge in [0.1, 0.15) is 0 Å². The van der Waals surface area contributed by atoms with E-state index < -0.39 is 0 Å². The van der Waals surface area contributed by atoms with Crippen molar-refractivity contribution in [1.29, 1.82) is 0 Å². The summed E-state index contributed by atoms with van der Waals surface area (Å²) in [5, 5.41) is 4.95. The zero-order valence-corrected chi connectivity index (χ0v) is 30.4. The molecule has 8 aromatic carbocycles. The van der Waals surface area contributed by atoms with Crippen LogP contribution < -0.4 is 0 Å². The summed E-state index contributed by atoms with van der Waals surface area (Å²) in [6.45, 7) is 0. The van der Waals surface area contributed by atoms with Gasteiger partial charge in [-0.2, -0.15) is 0 Å². The average Bonchev–Trinajstić information content (AvgIpc) is 3.80. The van der Waals surface area contributed by atoms with Gasteiger partial charge in [0.2, 0.25) is 0 Å². The standard InChI is InChI=1S/C52H34N4/c1-3-15-35(16-4-1)46-34-47(54-52(53-46)36-17-5-2-6-18-36)39-20-13-19-37(31-39)38-29-30-51-45(32-38)44-25-9-12-28-50(44)56(51)41-22-14-21-40(33-41)55-48-26-10-7-23-42(48)43-24-8-11-27-49(43)55/h1-34H. The predicted octanol–water partition coefficient (Wildman–Crippen LogP) is 13.3. The molecule has 0 aliphatic heterocycles. The second-order valence-corrected chi connectivity index (χ2v) is 14.2. The molecule has 11 aromatic rings. The molecule has 0 atom stereocenters. The van der Waals surface area contributed by atoms with E-state index in [4.69, 9.17) is 9.97 Å². The summed E-state index contributed by atoms with van der Waals surface area (Å²) in [5.74, 6) is 0.712. The molecule has 4 nitrogen and oxygen atoms in total. The molecule has 0 aliphatic carbocycles. The van der Waals surface area contributed by atoms with Gasteiger partial charge in [-0.1, -0.05) is 146 Å². The molecule has 0 fully saturated rings. The molecule has 0 aliphatic rings. The Kier molecular flexibility index (Phi) is 7.46. The van der Waals surface area contributed by atoms with Gasteiger partial charge in [0.25, 0.3) is 0 Å². The number of benzene rings is 8. The molecule has 0 saturated heterocycles. The van der Waals surface area contributed by atoms with Gasteiger partial charge < -0.3 is 9.13 Å². The molecule has 0 spiro atoms. The first-order valence-corrected chi connectivity index (χ1v) is 19.0. The molecule has 3 aromatic heterocycles. The van der Waals surface area contributed by atoms with Crippen LogP contribution in [0.25, 0.3) is 100 Å². The van der Waals surface area contributed by atoms with E-state index in [0.717, 1.165) is 50.6 Å². The van der Waals surface area contributed by atoms with E-state index in [9.17, 15) is 0 Å². The first kappa shape index (κ1) is 31.9. The summed E-state index contributed by atoms with van der Waals surface area (Å²) in [7, 11) is 0. The monoisotopic (exact) mass is 714 g/mol. The second-order valence-electron chi connectivity index (χ2n) is 14.2. The molecule has 3 heterocycles. The number of hydrogen-bond donors (Lipinski definition) is 0. The van der Waals surface area contributed by atoms with E-state index in [1.165, 1.54) is 43.6 Å². The second kappa shape index (κ2) is 13.1. The van der Waals surface area contributed by atoms with Crippen LogP contribution in [-0.4, -0.2) is 19.1 Å². The van der Waals surface area contributed by atoms with Crippen LogP contribution in [-0.2, 0) is 0 Å². The number of rotatable bonds is 6. The Hall–Kier alpha value is -7.56. The fourth-order valence-electron chi connectivity index (χ4n) is 8.33. The van der Waals surface area contributed by atoms with Crippen LogP contribution in [0, 0.1) is 0 Å². The number of aromatic nitrogens is 4. The van der Waals surface area contributed by atoms with Gasteiger partial charge in [-0.05, 0) is 71.8 Å². The van der Waals surface area contributed by atoms with E-state index in [2.05, 4.69) is 191 Å². The minimum absolute atomic E-state index is 0.712. The average molecular weight is 715 g/mol. The van der Waals surface area contributed by atoms with Gasteiger partial charge in [0.15, 0.2) is 5.82 Å². The highest BCUT2D eigenvalue weighted by molar-refractivity contribution is 6.11. The highest BCUT2D eigenvalue weighted by Gasteiger charge is 2.17. The third-order valence-corrected chi connectivity index (χ3v) is 10.9. The van der Waals surface area contributed by atoms with E-state index in [-0.39, 0.29) is 0 Å². The van der Waals surface area contributed by atoms with Gasteiger partial charge in [0, 0.05) is 49.6 Å². The lowest BCUT2D eigenvalue weighted by molar-refractivity contribution is 1.13. The summed E-state index contributed by atoms with van der Waals surface area (Å²) in [6.07, 6.45) is 0. The molecule has 0 amide bonds. The summed E-state index contributed by atoms with van der Waals surface area (Å²) in [6, 6.07) is 73.3. The van der Waals surface area contributed by atoms with Gasteiger partial charge in [-0.25, -0.2) is 9.97 Å². The molecule has 0 unspecified atom stereocenters. The zero-order chi connectivity index (χ0) is 37.0. The minimum Gasteiger partial charge on any atom is -0.309 e. The summed E-state index contributed by atoms with van der Waals surface area (Å²) in [5.41, 5.74) is 14.2. The van der Waals surface area contributed by atoms with Crippen LogP contribution in [0.2, 0.25) is 0 Å². The lowest BCUT2D eigenvalue weighted by atomic mass is 9.99. The van der Waals surface area contributed by atoms with Gasteiger partial charge >= 0.3 is 0 Å². The summed E-state index contributed by atoms with van der Waals surface area (Å²) >= 11 is 0. The van der Waals surface area contributed by atoms with E-state index in [1.807, 2.05) is 24.3 Å². The predicted molar refractivity (Wildman–Crippen MR) is 232 cm³/mol. The molecule has 262 valence electrons. The zero-order valence-electron chi connectivity index (χ0n) is 30.4. The maximum Gasteiger partial charge on any atom is 0.160 e. The number of para-hydroxylation sites is 3. The third-order valence-electron chi connectivity index (χ3n) is 10.9. The quantitative estimate of drug-likeness (QED) is 0.172. The van der Waals surface area contributed by atoms with Crippen LogP contribution in [0.4, 0.5) is 0 Å². The van der Waals surface area contributed by atoms with E-state index >= 15 is 0 Å². The van der Waals surface area contributed by atoms with Crippen LogP contribution >= 0.6 is 0 Å². The van der Waals surface area contributed by atoms with Gasteiger partial charge in [0.05, 0.1) is 33.5 Å². The summed E-state index contributed by atoms with van der Waals surface area (Å²) < 4.78 is 4.79. The topological polar surface area (TPSA) is 35.6 Å². The van der Waals surface area contributed by atoms with Crippen molar-refractivity contribution in [2.45, 2.75) is 0 Å². The molecule has 56 heavy (non-hydrogen) atoms. The van der Waals surface area contributed by atoms with Crippen molar-refractivity contribution in [2.24, 2.45) is 0 Å². The Bertz CT molecular complexity index is 3140. The molecular weight excluding hydrogens is 681 g/mol. The maximum absolute atomic E-state index is 5.10. The molecule has 0 radical (unpaired) electrons. The number of nitrogens with zero attached hydrogens (tertiary/aromatic N) is 4. The van der Waals surface area contributed by atoms with Crippen molar-refractivity contribution in [3.8, 4) is 56.4 Å². The van der Waals surface area contributed by atoms with Crippen molar-refractivity contribution in [3.63, 3.8) is 0 Å². The fourth-order valence-corrected chi connectivity index (χ4v) is 8.33. The molecule has 0 saturated carbocycles. The van der Waals surface area contributed by atoms with Crippen LogP contribution in [0.5, 0.6) is 0 Å². The smallest absolute Gasteiger partial charge is 0.160 e. The van der Waals surface area contributed by atoms with Crippen molar-refractivity contribution in [1.82, 2.24) is 19.1 Å². The van der Waals surface area contributed by atoms with Crippen molar-refractivity contribution in [2.75, 3.05) is 0 Å². The first-order chi connectivity index (χ1) is 27.8. The van der Waals surface area contributed by atoms with E-state index in [1.54, 1.807) is 0 Å². The Balaban J connectivity index is 1.03. The normalized spacial score (nSPS) is 11.6. The van der Waals surface area contributed by atoms with E-state index in [0.29, 0.717) is 5.82 Å². The SMILES string of the molecule is c1ccc(-c2cc(-c3cccc(-c4ccc5c(c4)c4ccccc4n5-c4cccc(-n5c6ccccc6c6ccccc65)c4)c3)nc(-c3ccccc3)n2)cc1. The van der Waals surface area contributed by atoms with Crippen molar-refractivity contribution in [3.05, 3.63) is 206 Å². The Morgan fingerprint density at radius 2 is 0.714 bits per heavy atom.